The standard InChI is InChI=1S/C11H22N2O4/c1-8(2)12-11(16)17-9(6-10(14)15)7-13(3,4)5/h8-9H,6-7H2,1-5H3,(H-,12,14,15,16)/t9-/m0/s1. The molecule has 0 saturated heterocycles. The normalized spacial score (nSPS) is 13.3. The van der Waals surface area contributed by atoms with Crippen LogP contribution in [0.1, 0.15) is 20.3 Å². The molecule has 0 aliphatic rings. The first-order valence-corrected chi connectivity index (χ1v) is 5.57. The Balaban J connectivity index is 4.38. The van der Waals surface area contributed by atoms with Crippen molar-refractivity contribution in [2.75, 3.05) is 27.7 Å². The van der Waals surface area contributed by atoms with Crippen molar-refractivity contribution < 1.29 is 23.9 Å². The Morgan fingerprint density at radius 2 is 1.82 bits per heavy atom. The average molecular weight is 246 g/mol. The minimum atomic E-state index is -1.22. The highest BCUT2D eigenvalue weighted by Gasteiger charge is 2.22. The van der Waals surface area contributed by atoms with Crippen LogP contribution < -0.4 is 10.4 Å². The van der Waals surface area contributed by atoms with Gasteiger partial charge in [0.05, 0.1) is 21.1 Å². The molecule has 0 aromatic heterocycles. The van der Waals surface area contributed by atoms with E-state index in [4.69, 9.17) is 4.74 Å². The van der Waals surface area contributed by atoms with Crippen molar-refractivity contribution in [2.45, 2.75) is 32.4 Å². The number of rotatable bonds is 6. The minimum absolute atomic E-state index is 0.0461. The summed E-state index contributed by atoms with van der Waals surface area (Å²) >= 11 is 0. The fourth-order valence-electron chi connectivity index (χ4n) is 1.36. The van der Waals surface area contributed by atoms with Gasteiger partial charge in [-0.15, -0.1) is 0 Å². The van der Waals surface area contributed by atoms with E-state index >= 15 is 0 Å². The Morgan fingerprint density at radius 1 is 1.29 bits per heavy atom. The molecule has 1 atom stereocenters. The lowest BCUT2D eigenvalue weighted by atomic mass is 10.2. The second kappa shape index (κ2) is 6.44. The third-order valence-corrected chi connectivity index (χ3v) is 1.83. The Kier molecular flexibility index (Phi) is 5.95. The third-order valence-electron chi connectivity index (χ3n) is 1.83. The second-order valence-electron chi connectivity index (χ2n) is 5.38. The van der Waals surface area contributed by atoms with Gasteiger partial charge in [0.15, 0.2) is 6.10 Å². The molecule has 0 spiro atoms. The molecule has 0 aliphatic carbocycles. The lowest BCUT2D eigenvalue weighted by Gasteiger charge is -2.29. The molecule has 6 nitrogen and oxygen atoms in total. The number of alkyl carbamates (subject to hydrolysis) is 1. The molecule has 1 N–H and O–H groups in total. The summed E-state index contributed by atoms with van der Waals surface area (Å²) in [5, 5.41) is 13.1. The van der Waals surface area contributed by atoms with Crippen LogP contribution in [0.4, 0.5) is 4.79 Å². The second-order valence-corrected chi connectivity index (χ2v) is 5.38. The molecule has 6 heteroatoms. The Labute approximate surface area is 102 Å². The summed E-state index contributed by atoms with van der Waals surface area (Å²) in [5.74, 6) is -1.22. The van der Waals surface area contributed by atoms with Gasteiger partial charge >= 0.3 is 6.09 Å². The monoisotopic (exact) mass is 246 g/mol. The number of hydrogen-bond donors (Lipinski definition) is 1. The van der Waals surface area contributed by atoms with E-state index in [-0.39, 0.29) is 12.5 Å². The van der Waals surface area contributed by atoms with Crippen molar-refractivity contribution in [2.24, 2.45) is 0 Å². The Morgan fingerprint density at radius 3 is 2.18 bits per heavy atom. The van der Waals surface area contributed by atoms with E-state index < -0.39 is 18.2 Å². The van der Waals surface area contributed by atoms with Crippen LogP contribution in [0.15, 0.2) is 0 Å². The SMILES string of the molecule is CC(C)NC(=O)O[C@@H](CC(=O)[O-])C[N+](C)(C)C. The fraction of sp³-hybridized carbons (Fsp3) is 0.818. The van der Waals surface area contributed by atoms with E-state index in [1.807, 2.05) is 21.1 Å². The van der Waals surface area contributed by atoms with Crippen LogP contribution in [-0.4, -0.2) is 56.4 Å². The van der Waals surface area contributed by atoms with Gasteiger partial charge in [-0.2, -0.15) is 0 Å². The lowest BCUT2D eigenvalue weighted by Crippen LogP contribution is -2.46. The Hall–Kier alpha value is -1.30. The molecule has 0 aliphatic heterocycles. The highest BCUT2D eigenvalue weighted by Crippen LogP contribution is 2.04. The molecule has 0 heterocycles. The highest BCUT2D eigenvalue weighted by molar-refractivity contribution is 5.69. The summed E-state index contributed by atoms with van der Waals surface area (Å²) < 4.78 is 5.57. The molecule has 0 rings (SSSR count). The summed E-state index contributed by atoms with van der Waals surface area (Å²) in [5.41, 5.74) is 0. The van der Waals surface area contributed by atoms with E-state index in [2.05, 4.69) is 5.32 Å². The Bertz CT molecular complexity index is 271. The maximum absolute atomic E-state index is 11.4. The summed E-state index contributed by atoms with van der Waals surface area (Å²) in [4.78, 5) is 21.9. The van der Waals surface area contributed by atoms with Crippen LogP contribution in [0.25, 0.3) is 0 Å². The number of nitrogens with zero attached hydrogens (tertiary/aromatic N) is 1. The smallest absolute Gasteiger partial charge is 0.407 e. The predicted octanol–water partition coefficient (Wildman–Crippen LogP) is -0.664. The summed E-state index contributed by atoms with van der Waals surface area (Å²) in [7, 11) is 5.68. The molecule has 1 amide bonds. The van der Waals surface area contributed by atoms with Crippen LogP contribution in [0, 0.1) is 0 Å². The van der Waals surface area contributed by atoms with Crippen molar-refractivity contribution in [1.82, 2.24) is 5.32 Å². The van der Waals surface area contributed by atoms with Crippen LogP contribution >= 0.6 is 0 Å². The summed E-state index contributed by atoms with van der Waals surface area (Å²) in [6, 6.07) is -0.0461. The molecular formula is C11H22N2O4. The number of carboxylic acid groups (broad SMARTS) is 1. The number of nitrogens with one attached hydrogen (secondary N) is 1. The topological polar surface area (TPSA) is 78.5 Å². The average Bonchev–Trinajstić information content (AvgIpc) is 1.95. The largest absolute Gasteiger partial charge is 0.550 e. The molecule has 0 bridgehead atoms. The van der Waals surface area contributed by atoms with Gasteiger partial charge < -0.3 is 24.4 Å². The van der Waals surface area contributed by atoms with Crippen LogP contribution in [0.5, 0.6) is 0 Å². The van der Waals surface area contributed by atoms with Crippen LogP contribution in [0.3, 0.4) is 0 Å². The molecule has 0 aromatic rings. The number of likely N-dealkylation sites (N-methyl/N-ethyl adjacent to an activating group) is 1. The number of hydrogen-bond acceptors (Lipinski definition) is 4. The number of carbonyl (C=O) groups excluding carboxylic acids is 2. The van der Waals surface area contributed by atoms with Gasteiger partial charge in [0.25, 0.3) is 0 Å². The van der Waals surface area contributed by atoms with E-state index in [1.54, 1.807) is 13.8 Å². The van der Waals surface area contributed by atoms with E-state index in [0.29, 0.717) is 11.0 Å². The zero-order valence-electron chi connectivity index (χ0n) is 11.1. The molecule has 17 heavy (non-hydrogen) atoms. The maximum Gasteiger partial charge on any atom is 0.407 e. The number of ether oxygens (including phenoxy) is 1. The van der Waals surface area contributed by atoms with Gasteiger partial charge in [0.2, 0.25) is 0 Å². The molecule has 0 saturated carbocycles. The van der Waals surface area contributed by atoms with Gasteiger partial charge in [-0.05, 0) is 13.8 Å². The summed E-state index contributed by atoms with van der Waals surface area (Å²) in [6.45, 7) is 4.02. The minimum Gasteiger partial charge on any atom is -0.550 e. The number of carboxylic acids is 1. The van der Waals surface area contributed by atoms with Gasteiger partial charge in [-0.1, -0.05) is 0 Å². The van der Waals surface area contributed by atoms with Crippen LogP contribution in [0.2, 0.25) is 0 Å². The van der Waals surface area contributed by atoms with Gasteiger partial charge in [0.1, 0.15) is 6.54 Å². The van der Waals surface area contributed by atoms with Crippen molar-refractivity contribution >= 4 is 12.1 Å². The molecular weight excluding hydrogens is 224 g/mol. The van der Waals surface area contributed by atoms with Gasteiger partial charge in [-0.3, -0.25) is 0 Å². The maximum atomic E-state index is 11.4. The quantitative estimate of drug-likeness (QED) is 0.631. The first-order chi connectivity index (χ1) is 7.60. The first kappa shape index (κ1) is 15.7. The number of aliphatic carboxylic acids is 1. The highest BCUT2D eigenvalue weighted by atomic mass is 16.6. The number of amides is 1. The molecule has 0 unspecified atom stereocenters. The van der Waals surface area contributed by atoms with Crippen molar-refractivity contribution in [3.8, 4) is 0 Å². The van der Waals surface area contributed by atoms with E-state index in [9.17, 15) is 14.7 Å². The third kappa shape index (κ3) is 9.62. The number of carbonyl (C=O) groups is 2. The zero-order valence-corrected chi connectivity index (χ0v) is 11.1. The van der Waals surface area contributed by atoms with Gasteiger partial charge in [-0.25, -0.2) is 4.79 Å². The van der Waals surface area contributed by atoms with Crippen molar-refractivity contribution in [3.63, 3.8) is 0 Å². The van der Waals surface area contributed by atoms with E-state index in [0.717, 1.165) is 0 Å². The van der Waals surface area contributed by atoms with Crippen molar-refractivity contribution in [1.29, 1.82) is 0 Å². The molecule has 100 valence electrons. The molecule has 0 fully saturated rings. The van der Waals surface area contributed by atoms with E-state index in [1.165, 1.54) is 0 Å². The lowest BCUT2D eigenvalue weighted by molar-refractivity contribution is -0.873. The molecule has 0 aromatic carbocycles. The first-order valence-electron chi connectivity index (χ1n) is 5.57. The summed E-state index contributed by atoms with van der Waals surface area (Å²) in [6.07, 6.45) is -1.57. The van der Waals surface area contributed by atoms with Crippen molar-refractivity contribution in [3.05, 3.63) is 0 Å². The van der Waals surface area contributed by atoms with Crippen LogP contribution in [-0.2, 0) is 9.53 Å². The fourth-order valence-corrected chi connectivity index (χ4v) is 1.36. The zero-order chi connectivity index (χ0) is 13.6. The molecule has 0 radical (unpaired) electrons. The predicted molar refractivity (Wildman–Crippen MR) is 61.1 cm³/mol. The van der Waals surface area contributed by atoms with Gasteiger partial charge in [0, 0.05) is 18.4 Å². The number of quaternary nitrogens is 1.